The van der Waals surface area contributed by atoms with Crippen LogP contribution in [0.3, 0.4) is 0 Å². The minimum Gasteiger partial charge on any atom is -0.468 e. The van der Waals surface area contributed by atoms with E-state index in [1.807, 2.05) is 23.9 Å². The summed E-state index contributed by atoms with van der Waals surface area (Å²) in [5.74, 6) is 3.20. The van der Waals surface area contributed by atoms with Crippen molar-refractivity contribution in [2.45, 2.75) is 12.7 Å². The van der Waals surface area contributed by atoms with Gasteiger partial charge in [-0.05, 0) is 18.7 Å². The Balaban J connectivity index is 1.96. The molecule has 1 aromatic heterocycles. The maximum atomic E-state index is 5.20. The van der Waals surface area contributed by atoms with Gasteiger partial charge < -0.3 is 9.73 Å². The predicted octanol–water partition coefficient (Wildman–Crippen LogP) is 2.12. The van der Waals surface area contributed by atoms with E-state index in [1.165, 1.54) is 0 Å². The zero-order valence-electron chi connectivity index (χ0n) is 7.38. The van der Waals surface area contributed by atoms with Gasteiger partial charge in [0, 0.05) is 12.3 Å². The Morgan fingerprint density at radius 2 is 2.50 bits per heavy atom. The largest absolute Gasteiger partial charge is 0.468 e. The molecule has 0 bridgehead atoms. The molecule has 1 N–H and O–H groups in total. The molecule has 0 spiro atoms. The monoisotopic (exact) mass is 185 g/mol. The number of rotatable bonds is 6. The van der Waals surface area contributed by atoms with Crippen LogP contribution in [0.4, 0.5) is 0 Å². The molecular weight excluding hydrogens is 170 g/mol. The van der Waals surface area contributed by atoms with Gasteiger partial charge in [-0.25, -0.2) is 0 Å². The van der Waals surface area contributed by atoms with Crippen LogP contribution in [0.15, 0.2) is 22.8 Å². The molecule has 0 aliphatic carbocycles. The van der Waals surface area contributed by atoms with E-state index >= 15 is 0 Å². The lowest BCUT2D eigenvalue weighted by Crippen LogP contribution is -2.15. The molecule has 0 aliphatic heterocycles. The maximum Gasteiger partial charge on any atom is 0.113 e. The zero-order valence-corrected chi connectivity index (χ0v) is 8.19. The summed E-state index contributed by atoms with van der Waals surface area (Å²) in [6, 6.07) is 3.94. The Kier molecular flexibility index (Phi) is 4.95. The highest BCUT2D eigenvalue weighted by molar-refractivity contribution is 7.98. The van der Waals surface area contributed by atoms with Crippen LogP contribution in [0.1, 0.15) is 12.7 Å². The summed E-state index contributed by atoms with van der Waals surface area (Å²) >= 11 is 1.89. The predicted molar refractivity (Wildman–Crippen MR) is 53.4 cm³/mol. The normalized spacial score (nSPS) is 10.4. The fourth-order valence-electron chi connectivity index (χ4n) is 0.889. The molecule has 0 saturated heterocycles. The molecule has 1 rings (SSSR count). The third-order valence-corrected chi connectivity index (χ3v) is 2.48. The first-order chi connectivity index (χ1) is 5.93. The molecule has 12 heavy (non-hydrogen) atoms. The molecule has 0 aromatic carbocycles. The SMILES string of the molecule is CCNCCSCc1ccco1. The Morgan fingerprint density at radius 1 is 1.58 bits per heavy atom. The van der Waals surface area contributed by atoms with E-state index in [-0.39, 0.29) is 0 Å². The summed E-state index contributed by atoms with van der Waals surface area (Å²) in [5.41, 5.74) is 0. The van der Waals surface area contributed by atoms with E-state index in [1.54, 1.807) is 6.26 Å². The first-order valence-electron chi connectivity index (χ1n) is 4.24. The Morgan fingerprint density at radius 3 is 3.17 bits per heavy atom. The van der Waals surface area contributed by atoms with Gasteiger partial charge in [-0.3, -0.25) is 0 Å². The standard InChI is InChI=1S/C9H15NOS/c1-2-10-5-7-12-8-9-4-3-6-11-9/h3-4,6,10H,2,5,7-8H2,1H3. The summed E-state index contributed by atoms with van der Waals surface area (Å²) in [6.07, 6.45) is 1.72. The lowest BCUT2D eigenvalue weighted by Gasteiger charge is -1.99. The Labute approximate surface area is 77.7 Å². The molecule has 2 nitrogen and oxygen atoms in total. The van der Waals surface area contributed by atoms with Crippen molar-refractivity contribution in [3.8, 4) is 0 Å². The summed E-state index contributed by atoms with van der Waals surface area (Å²) in [4.78, 5) is 0. The minimum absolute atomic E-state index is 0.985. The van der Waals surface area contributed by atoms with Gasteiger partial charge >= 0.3 is 0 Å². The number of hydrogen-bond acceptors (Lipinski definition) is 3. The van der Waals surface area contributed by atoms with Gasteiger partial charge in [0.25, 0.3) is 0 Å². The second-order valence-corrected chi connectivity index (χ2v) is 3.59. The van der Waals surface area contributed by atoms with Crippen LogP contribution >= 0.6 is 11.8 Å². The Hall–Kier alpha value is -0.410. The molecule has 0 atom stereocenters. The van der Waals surface area contributed by atoms with Gasteiger partial charge in [0.05, 0.1) is 12.0 Å². The molecule has 0 fully saturated rings. The van der Waals surface area contributed by atoms with Crippen molar-refractivity contribution in [1.29, 1.82) is 0 Å². The van der Waals surface area contributed by atoms with E-state index in [4.69, 9.17) is 4.42 Å². The van der Waals surface area contributed by atoms with Crippen molar-refractivity contribution >= 4 is 11.8 Å². The van der Waals surface area contributed by atoms with Crippen molar-refractivity contribution < 1.29 is 4.42 Å². The van der Waals surface area contributed by atoms with Crippen LogP contribution in [0.5, 0.6) is 0 Å². The van der Waals surface area contributed by atoms with Crippen molar-refractivity contribution in [2.75, 3.05) is 18.8 Å². The molecule has 0 saturated carbocycles. The third-order valence-electron chi connectivity index (χ3n) is 1.50. The van der Waals surface area contributed by atoms with Crippen LogP contribution in [-0.4, -0.2) is 18.8 Å². The molecule has 1 heterocycles. The van der Waals surface area contributed by atoms with Crippen LogP contribution in [0.2, 0.25) is 0 Å². The smallest absolute Gasteiger partial charge is 0.113 e. The molecule has 0 unspecified atom stereocenters. The zero-order chi connectivity index (χ0) is 8.65. The number of nitrogens with one attached hydrogen (secondary N) is 1. The van der Waals surface area contributed by atoms with Gasteiger partial charge in [0.1, 0.15) is 5.76 Å². The molecule has 68 valence electrons. The summed E-state index contributed by atoms with van der Waals surface area (Å²) in [5, 5.41) is 3.28. The highest BCUT2D eigenvalue weighted by Crippen LogP contribution is 2.11. The quantitative estimate of drug-likeness (QED) is 0.687. The van der Waals surface area contributed by atoms with Crippen LogP contribution < -0.4 is 5.32 Å². The molecule has 0 amide bonds. The van der Waals surface area contributed by atoms with E-state index in [2.05, 4.69) is 12.2 Å². The average Bonchev–Trinajstić information content (AvgIpc) is 2.57. The number of furan rings is 1. The van der Waals surface area contributed by atoms with Crippen molar-refractivity contribution in [1.82, 2.24) is 5.32 Å². The highest BCUT2D eigenvalue weighted by atomic mass is 32.2. The van der Waals surface area contributed by atoms with E-state index in [0.717, 1.165) is 30.4 Å². The summed E-state index contributed by atoms with van der Waals surface area (Å²) < 4.78 is 5.20. The fraction of sp³-hybridized carbons (Fsp3) is 0.556. The maximum absolute atomic E-state index is 5.20. The second kappa shape index (κ2) is 6.14. The van der Waals surface area contributed by atoms with Crippen molar-refractivity contribution in [3.63, 3.8) is 0 Å². The van der Waals surface area contributed by atoms with Gasteiger partial charge in [0.2, 0.25) is 0 Å². The van der Waals surface area contributed by atoms with E-state index < -0.39 is 0 Å². The lowest BCUT2D eigenvalue weighted by molar-refractivity contribution is 0.530. The van der Waals surface area contributed by atoms with Crippen LogP contribution in [-0.2, 0) is 5.75 Å². The van der Waals surface area contributed by atoms with Crippen molar-refractivity contribution in [3.05, 3.63) is 24.2 Å². The lowest BCUT2D eigenvalue weighted by atomic mass is 10.5. The topological polar surface area (TPSA) is 25.2 Å². The van der Waals surface area contributed by atoms with Gasteiger partial charge in [-0.1, -0.05) is 6.92 Å². The Bertz CT molecular complexity index is 186. The van der Waals surface area contributed by atoms with Crippen LogP contribution in [0.25, 0.3) is 0 Å². The van der Waals surface area contributed by atoms with Gasteiger partial charge in [0.15, 0.2) is 0 Å². The van der Waals surface area contributed by atoms with Crippen molar-refractivity contribution in [2.24, 2.45) is 0 Å². The summed E-state index contributed by atoms with van der Waals surface area (Å²) in [6.45, 7) is 4.26. The first-order valence-corrected chi connectivity index (χ1v) is 5.39. The highest BCUT2D eigenvalue weighted by Gasteiger charge is 1.94. The third kappa shape index (κ3) is 3.83. The van der Waals surface area contributed by atoms with Crippen LogP contribution in [0, 0.1) is 0 Å². The number of thioether (sulfide) groups is 1. The first kappa shape index (κ1) is 9.68. The molecule has 0 radical (unpaired) electrons. The fourth-order valence-corrected chi connectivity index (χ4v) is 1.69. The number of hydrogen-bond donors (Lipinski definition) is 1. The van der Waals surface area contributed by atoms with Gasteiger partial charge in [-0.2, -0.15) is 11.8 Å². The van der Waals surface area contributed by atoms with E-state index in [0.29, 0.717) is 0 Å². The van der Waals surface area contributed by atoms with Gasteiger partial charge in [-0.15, -0.1) is 0 Å². The molecule has 3 heteroatoms. The minimum atomic E-state index is 0.985. The summed E-state index contributed by atoms with van der Waals surface area (Å²) in [7, 11) is 0. The van der Waals surface area contributed by atoms with E-state index in [9.17, 15) is 0 Å². The molecule has 1 aromatic rings. The second-order valence-electron chi connectivity index (χ2n) is 2.49. The average molecular weight is 185 g/mol. The molecule has 0 aliphatic rings. The molecular formula is C9H15NOS.